The minimum absolute atomic E-state index is 0.0804. The first-order chi connectivity index (χ1) is 14.3. The number of rotatable bonds is 8. The third-order valence-corrected chi connectivity index (χ3v) is 5.67. The SMILES string of the molecule is O=C(c1cn(CCN2CCCCC2)nn1)N(Cc1ccccn1)CC1CCCO1. The summed E-state index contributed by atoms with van der Waals surface area (Å²) < 4.78 is 7.54. The zero-order valence-electron chi connectivity index (χ0n) is 16.9. The van der Waals surface area contributed by atoms with Crippen molar-refractivity contribution in [1.29, 1.82) is 0 Å². The molecule has 0 N–H and O–H groups in total. The molecule has 2 saturated heterocycles. The van der Waals surface area contributed by atoms with E-state index in [1.165, 1.54) is 19.3 Å². The highest BCUT2D eigenvalue weighted by atomic mass is 16.5. The maximum Gasteiger partial charge on any atom is 0.276 e. The zero-order valence-corrected chi connectivity index (χ0v) is 16.9. The highest BCUT2D eigenvalue weighted by molar-refractivity contribution is 5.91. The number of ether oxygens (including phenoxy) is 1. The van der Waals surface area contributed by atoms with Crippen molar-refractivity contribution in [3.05, 3.63) is 42.0 Å². The monoisotopic (exact) mass is 398 g/mol. The van der Waals surface area contributed by atoms with Crippen LogP contribution in [-0.4, -0.2) is 74.6 Å². The molecule has 0 radical (unpaired) electrons. The van der Waals surface area contributed by atoms with Gasteiger partial charge in [0.1, 0.15) is 0 Å². The van der Waals surface area contributed by atoms with E-state index in [1.807, 2.05) is 18.2 Å². The first kappa shape index (κ1) is 20.0. The Morgan fingerprint density at radius 3 is 2.83 bits per heavy atom. The summed E-state index contributed by atoms with van der Waals surface area (Å²) in [5.74, 6) is -0.115. The number of piperidine rings is 1. The zero-order chi connectivity index (χ0) is 19.9. The quantitative estimate of drug-likeness (QED) is 0.677. The summed E-state index contributed by atoms with van der Waals surface area (Å²) in [5.41, 5.74) is 1.24. The highest BCUT2D eigenvalue weighted by Crippen LogP contribution is 2.16. The molecule has 2 aliphatic heterocycles. The number of hydrogen-bond donors (Lipinski definition) is 0. The minimum atomic E-state index is -0.115. The minimum Gasteiger partial charge on any atom is -0.376 e. The van der Waals surface area contributed by atoms with Gasteiger partial charge in [-0.3, -0.25) is 14.5 Å². The molecule has 4 heterocycles. The number of hydrogen-bond acceptors (Lipinski definition) is 6. The number of nitrogens with zero attached hydrogens (tertiary/aromatic N) is 6. The molecule has 8 nitrogen and oxygen atoms in total. The number of carbonyl (C=O) groups is 1. The molecule has 2 aliphatic rings. The Labute approximate surface area is 171 Å². The van der Waals surface area contributed by atoms with Gasteiger partial charge in [-0.1, -0.05) is 17.7 Å². The number of pyridine rings is 1. The van der Waals surface area contributed by atoms with Crippen LogP contribution in [0.5, 0.6) is 0 Å². The molecule has 0 saturated carbocycles. The molecule has 2 aromatic rings. The van der Waals surface area contributed by atoms with Crippen LogP contribution in [0.3, 0.4) is 0 Å². The first-order valence-electron chi connectivity index (χ1n) is 10.7. The van der Waals surface area contributed by atoms with Gasteiger partial charge in [-0.25, -0.2) is 0 Å². The van der Waals surface area contributed by atoms with Crippen LogP contribution in [0, 0.1) is 0 Å². The Bertz CT molecular complexity index is 768. The first-order valence-corrected chi connectivity index (χ1v) is 10.7. The molecule has 4 rings (SSSR count). The molecule has 0 spiro atoms. The smallest absolute Gasteiger partial charge is 0.276 e. The second-order valence-corrected chi connectivity index (χ2v) is 7.91. The van der Waals surface area contributed by atoms with Gasteiger partial charge >= 0.3 is 0 Å². The van der Waals surface area contributed by atoms with Crippen molar-refractivity contribution >= 4 is 5.91 Å². The van der Waals surface area contributed by atoms with Crippen LogP contribution < -0.4 is 0 Å². The molecule has 1 amide bonds. The van der Waals surface area contributed by atoms with Gasteiger partial charge in [-0.2, -0.15) is 0 Å². The molecule has 1 atom stereocenters. The van der Waals surface area contributed by atoms with Crippen LogP contribution in [0.4, 0.5) is 0 Å². The Balaban J connectivity index is 1.40. The van der Waals surface area contributed by atoms with Crippen molar-refractivity contribution in [2.45, 2.75) is 51.3 Å². The lowest BCUT2D eigenvalue weighted by atomic mass is 10.1. The summed E-state index contributed by atoms with van der Waals surface area (Å²) in [4.78, 5) is 21.8. The topological polar surface area (TPSA) is 76.4 Å². The molecular formula is C21H30N6O2. The normalized spacial score (nSPS) is 20.1. The summed E-state index contributed by atoms with van der Waals surface area (Å²) in [5, 5.41) is 8.35. The lowest BCUT2D eigenvalue weighted by Crippen LogP contribution is -2.37. The van der Waals surface area contributed by atoms with Gasteiger partial charge in [0.15, 0.2) is 5.69 Å². The van der Waals surface area contributed by atoms with E-state index in [-0.39, 0.29) is 12.0 Å². The summed E-state index contributed by atoms with van der Waals surface area (Å²) in [6.07, 6.45) is 9.50. The van der Waals surface area contributed by atoms with Crippen LogP contribution >= 0.6 is 0 Å². The van der Waals surface area contributed by atoms with E-state index in [0.29, 0.717) is 18.8 Å². The van der Waals surface area contributed by atoms with Crippen LogP contribution in [0.1, 0.15) is 48.3 Å². The Kier molecular flexibility index (Phi) is 6.84. The van der Waals surface area contributed by atoms with E-state index in [1.54, 1.807) is 22.0 Å². The number of aromatic nitrogens is 4. The van der Waals surface area contributed by atoms with E-state index < -0.39 is 0 Å². The van der Waals surface area contributed by atoms with Crippen molar-refractivity contribution in [1.82, 2.24) is 29.8 Å². The molecule has 156 valence electrons. The molecule has 0 aliphatic carbocycles. The van der Waals surface area contributed by atoms with E-state index in [9.17, 15) is 4.79 Å². The van der Waals surface area contributed by atoms with Gasteiger partial charge in [-0.15, -0.1) is 5.10 Å². The van der Waals surface area contributed by atoms with Crippen molar-refractivity contribution in [2.75, 3.05) is 32.8 Å². The van der Waals surface area contributed by atoms with Gasteiger partial charge in [-0.05, 0) is 50.9 Å². The second kappa shape index (κ2) is 9.93. The largest absolute Gasteiger partial charge is 0.376 e. The Morgan fingerprint density at radius 2 is 2.07 bits per heavy atom. The van der Waals surface area contributed by atoms with Gasteiger partial charge in [0.25, 0.3) is 5.91 Å². The fourth-order valence-electron chi connectivity index (χ4n) is 4.04. The van der Waals surface area contributed by atoms with Crippen LogP contribution in [0.2, 0.25) is 0 Å². The fraction of sp³-hybridized carbons (Fsp3) is 0.619. The molecule has 29 heavy (non-hydrogen) atoms. The maximum absolute atomic E-state index is 13.2. The van der Waals surface area contributed by atoms with Gasteiger partial charge in [0.2, 0.25) is 0 Å². The van der Waals surface area contributed by atoms with E-state index >= 15 is 0 Å². The molecule has 0 bridgehead atoms. The maximum atomic E-state index is 13.2. The third kappa shape index (κ3) is 5.61. The highest BCUT2D eigenvalue weighted by Gasteiger charge is 2.25. The average molecular weight is 399 g/mol. The molecule has 2 fully saturated rings. The van der Waals surface area contributed by atoms with Crippen molar-refractivity contribution in [3.8, 4) is 0 Å². The molecule has 0 aromatic carbocycles. The predicted octanol–water partition coefficient (Wildman–Crippen LogP) is 1.98. The lowest BCUT2D eigenvalue weighted by Gasteiger charge is -2.26. The van der Waals surface area contributed by atoms with Gasteiger partial charge in [0, 0.05) is 25.9 Å². The predicted molar refractivity (Wildman–Crippen MR) is 108 cm³/mol. The summed E-state index contributed by atoms with van der Waals surface area (Å²) in [7, 11) is 0. The Morgan fingerprint density at radius 1 is 1.17 bits per heavy atom. The number of amides is 1. The summed E-state index contributed by atoms with van der Waals surface area (Å²) in [6.45, 7) is 5.77. The van der Waals surface area contributed by atoms with Crippen LogP contribution in [-0.2, 0) is 17.8 Å². The Hall–Kier alpha value is -2.32. The number of likely N-dealkylation sites (tertiary alicyclic amines) is 1. The fourth-order valence-corrected chi connectivity index (χ4v) is 4.04. The molecule has 1 unspecified atom stereocenters. The summed E-state index contributed by atoms with van der Waals surface area (Å²) >= 11 is 0. The van der Waals surface area contributed by atoms with Crippen LogP contribution in [0.25, 0.3) is 0 Å². The third-order valence-electron chi connectivity index (χ3n) is 5.67. The van der Waals surface area contributed by atoms with E-state index in [0.717, 1.165) is 51.3 Å². The number of carbonyl (C=O) groups excluding carboxylic acids is 1. The van der Waals surface area contributed by atoms with Crippen LogP contribution in [0.15, 0.2) is 30.6 Å². The second-order valence-electron chi connectivity index (χ2n) is 7.91. The van der Waals surface area contributed by atoms with E-state index in [2.05, 4.69) is 20.2 Å². The standard InChI is InChI=1S/C21H30N6O2/c28-21(20-17-27(24-23-20)13-12-25-10-4-1-5-11-25)26(16-19-8-6-14-29-19)15-18-7-2-3-9-22-18/h2-3,7,9,17,19H,1,4-6,8,10-16H2. The molecule has 8 heteroatoms. The van der Waals surface area contributed by atoms with Gasteiger partial charge < -0.3 is 14.5 Å². The van der Waals surface area contributed by atoms with Crippen molar-refractivity contribution in [3.63, 3.8) is 0 Å². The lowest BCUT2D eigenvalue weighted by molar-refractivity contribution is 0.0500. The molecule has 2 aromatic heterocycles. The summed E-state index contributed by atoms with van der Waals surface area (Å²) in [6, 6.07) is 5.75. The van der Waals surface area contributed by atoms with Crippen molar-refractivity contribution in [2.24, 2.45) is 0 Å². The van der Waals surface area contributed by atoms with Crippen molar-refractivity contribution < 1.29 is 9.53 Å². The average Bonchev–Trinajstić information content (AvgIpc) is 3.45. The van der Waals surface area contributed by atoms with Gasteiger partial charge in [0.05, 0.1) is 31.1 Å². The van der Waals surface area contributed by atoms with E-state index in [4.69, 9.17) is 4.74 Å². The molecular weight excluding hydrogens is 368 g/mol.